The second-order valence-electron chi connectivity index (χ2n) is 4.76. The second kappa shape index (κ2) is 6.60. The Labute approximate surface area is 130 Å². The van der Waals surface area contributed by atoms with Crippen LogP contribution in [0.3, 0.4) is 0 Å². The zero-order valence-corrected chi connectivity index (χ0v) is 14.1. The first-order chi connectivity index (χ1) is 9.96. The predicted molar refractivity (Wildman–Crippen MR) is 88.4 cm³/mol. The van der Waals surface area contributed by atoms with Crippen LogP contribution in [0.1, 0.15) is 22.2 Å². The van der Waals surface area contributed by atoms with Crippen LogP contribution in [0.2, 0.25) is 0 Å². The molecule has 0 radical (unpaired) electrons. The minimum absolute atomic E-state index is 0.315. The largest absolute Gasteiger partial charge is 0.380 e. The molecule has 1 heterocycles. The van der Waals surface area contributed by atoms with E-state index in [1.54, 1.807) is 24.3 Å². The van der Waals surface area contributed by atoms with Gasteiger partial charge in [0.15, 0.2) is 0 Å². The SMILES string of the molecule is CCc1ccc(CNc2ccc(C)c(S(=O)(=O)NC)c2)s1. The van der Waals surface area contributed by atoms with Gasteiger partial charge >= 0.3 is 0 Å². The molecule has 0 aliphatic heterocycles. The second-order valence-corrected chi connectivity index (χ2v) is 7.87. The van der Waals surface area contributed by atoms with Crippen molar-refractivity contribution in [3.8, 4) is 0 Å². The highest BCUT2D eigenvalue weighted by Crippen LogP contribution is 2.22. The molecule has 0 amide bonds. The number of thiophene rings is 1. The summed E-state index contributed by atoms with van der Waals surface area (Å²) in [6.45, 7) is 4.63. The molecular weight excluding hydrogens is 304 g/mol. The van der Waals surface area contributed by atoms with E-state index in [2.05, 4.69) is 29.1 Å². The van der Waals surface area contributed by atoms with Gasteiger partial charge in [0.25, 0.3) is 0 Å². The Morgan fingerprint density at radius 1 is 1.14 bits per heavy atom. The fourth-order valence-corrected chi connectivity index (χ4v) is 3.90. The normalized spacial score (nSPS) is 11.6. The van der Waals surface area contributed by atoms with Crippen LogP contribution in [-0.4, -0.2) is 15.5 Å². The number of hydrogen-bond acceptors (Lipinski definition) is 4. The minimum Gasteiger partial charge on any atom is -0.380 e. The van der Waals surface area contributed by atoms with Gasteiger partial charge in [-0.05, 0) is 50.2 Å². The summed E-state index contributed by atoms with van der Waals surface area (Å²) in [5, 5.41) is 3.28. The van der Waals surface area contributed by atoms with Crippen molar-refractivity contribution in [1.29, 1.82) is 0 Å². The molecule has 0 atom stereocenters. The lowest BCUT2D eigenvalue weighted by atomic mass is 10.2. The quantitative estimate of drug-likeness (QED) is 0.858. The van der Waals surface area contributed by atoms with Gasteiger partial charge in [-0.1, -0.05) is 13.0 Å². The van der Waals surface area contributed by atoms with Crippen molar-refractivity contribution in [3.63, 3.8) is 0 Å². The number of anilines is 1. The molecular formula is C15H20N2O2S2. The molecule has 21 heavy (non-hydrogen) atoms. The third kappa shape index (κ3) is 3.84. The molecule has 0 aliphatic rings. The van der Waals surface area contributed by atoms with Crippen LogP contribution in [0, 0.1) is 6.92 Å². The van der Waals surface area contributed by atoms with Gasteiger partial charge in [-0.3, -0.25) is 0 Å². The van der Waals surface area contributed by atoms with Crippen molar-refractivity contribution in [2.45, 2.75) is 31.7 Å². The first-order valence-corrected chi connectivity index (χ1v) is 9.12. The highest BCUT2D eigenvalue weighted by atomic mass is 32.2. The average Bonchev–Trinajstić information content (AvgIpc) is 2.94. The molecule has 2 N–H and O–H groups in total. The van der Waals surface area contributed by atoms with Crippen molar-refractivity contribution in [3.05, 3.63) is 45.6 Å². The maximum absolute atomic E-state index is 12.0. The smallest absolute Gasteiger partial charge is 0.240 e. The predicted octanol–water partition coefficient (Wildman–Crippen LogP) is 3.14. The fourth-order valence-electron chi connectivity index (χ4n) is 2.01. The van der Waals surface area contributed by atoms with Gasteiger partial charge in [-0.2, -0.15) is 0 Å². The molecule has 0 unspecified atom stereocenters. The van der Waals surface area contributed by atoms with E-state index in [1.165, 1.54) is 16.8 Å². The molecule has 2 rings (SSSR count). The Balaban J connectivity index is 2.16. The lowest BCUT2D eigenvalue weighted by molar-refractivity contribution is 0.587. The van der Waals surface area contributed by atoms with E-state index in [0.29, 0.717) is 11.4 Å². The number of benzene rings is 1. The van der Waals surface area contributed by atoms with Crippen LogP contribution in [0.25, 0.3) is 0 Å². The van der Waals surface area contributed by atoms with Crippen LogP contribution in [-0.2, 0) is 23.0 Å². The average molecular weight is 324 g/mol. The van der Waals surface area contributed by atoms with E-state index < -0.39 is 10.0 Å². The van der Waals surface area contributed by atoms with Gasteiger partial charge in [0.05, 0.1) is 4.90 Å². The summed E-state index contributed by atoms with van der Waals surface area (Å²) < 4.78 is 26.3. The van der Waals surface area contributed by atoms with E-state index >= 15 is 0 Å². The van der Waals surface area contributed by atoms with E-state index in [4.69, 9.17) is 0 Å². The highest BCUT2D eigenvalue weighted by molar-refractivity contribution is 7.89. The number of nitrogens with one attached hydrogen (secondary N) is 2. The lowest BCUT2D eigenvalue weighted by Crippen LogP contribution is -2.19. The summed E-state index contributed by atoms with van der Waals surface area (Å²) in [6.07, 6.45) is 1.04. The summed E-state index contributed by atoms with van der Waals surface area (Å²) >= 11 is 1.78. The van der Waals surface area contributed by atoms with E-state index in [-0.39, 0.29) is 0 Å². The summed E-state index contributed by atoms with van der Waals surface area (Å²) in [5.41, 5.74) is 1.54. The van der Waals surface area contributed by atoms with Gasteiger partial charge in [0, 0.05) is 22.0 Å². The number of hydrogen-bond donors (Lipinski definition) is 2. The molecule has 0 spiro atoms. The Hall–Kier alpha value is -1.37. The van der Waals surface area contributed by atoms with Gasteiger partial charge < -0.3 is 5.32 Å². The van der Waals surface area contributed by atoms with Crippen molar-refractivity contribution in [2.75, 3.05) is 12.4 Å². The lowest BCUT2D eigenvalue weighted by Gasteiger charge is -2.10. The van der Waals surface area contributed by atoms with Gasteiger partial charge in [0.1, 0.15) is 0 Å². The van der Waals surface area contributed by atoms with Gasteiger partial charge in [0.2, 0.25) is 10.0 Å². The number of aryl methyl sites for hydroxylation is 2. The molecule has 0 aliphatic carbocycles. The van der Waals surface area contributed by atoms with Crippen LogP contribution >= 0.6 is 11.3 Å². The van der Waals surface area contributed by atoms with Crippen LogP contribution in [0.15, 0.2) is 35.2 Å². The molecule has 0 saturated heterocycles. The Bertz CT molecular complexity index is 721. The van der Waals surface area contributed by atoms with Gasteiger partial charge in [-0.15, -0.1) is 11.3 Å². The van der Waals surface area contributed by atoms with Crippen LogP contribution in [0.4, 0.5) is 5.69 Å². The maximum Gasteiger partial charge on any atom is 0.240 e. The number of rotatable bonds is 6. The first kappa shape index (κ1) is 16.0. The molecule has 114 valence electrons. The zero-order valence-electron chi connectivity index (χ0n) is 12.4. The molecule has 1 aromatic heterocycles. The van der Waals surface area contributed by atoms with E-state index in [1.807, 2.05) is 12.1 Å². The maximum atomic E-state index is 12.0. The third-order valence-corrected chi connectivity index (χ3v) is 6.06. The van der Waals surface area contributed by atoms with Crippen molar-refractivity contribution < 1.29 is 8.42 Å². The standard InChI is InChI=1S/C15H20N2O2S2/c1-4-13-7-8-14(20-13)10-17-12-6-5-11(2)15(9-12)21(18,19)16-3/h5-9,16-17H,4,10H2,1-3H3. The molecule has 0 fully saturated rings. The van der Waals surface area contributed by atoms with Crippen molar-refractivity contribution in [2.24, 2.45) is 0 Å². The summed E-state index contributed by atoms with van der Waals surface area (Å²) in [7, 11) is -2.00. The highest BCUT2D eigenvalue weighted by Gasteiger charge is 2.14. The van der Waals surface area contributed by atoms with Crippen LogP contribution < -0.4 is 10.0 Å². The summed E-state index contributed by atoms with van der Waals surface area (Å²) in [5.74, 6) is 0. The van der Waals surface area contributed by atoms with Crippen molar-refractivity contribution in [1.82, 2.24) is 4.72 Å². The molecule has 0 saturated carbocycles. The Kier molecular flexibility index (Phi) is 5.03. The monoisotopic (exact) mass is 324 g/mol. The van der Waals surface area contributed by atoms with E-state index in [9.17, 15) is 8.42 Å². The number of sulfonamides is 1. The topological polar surface area (TPSA) is 58.2 Å². The summed E-state index contributed by atoms with van der Waals surface area (Å²) in [6, 6.07) is 9.63. The Morgan fingerprint density at radius 2 is 1.86 bits per heavy atom. The van der Waals surface area contributed by atoms with Crippen LogP contribution in [0.5, 0.6) is 0 Å². The molecule has 4 nitrogen and oxygen atoms in total. The minimum atomic E-state index is -3.42. The van der Waals surface area contributed by atoms with Crippen molar-refractivity contribution >= 4 is 27.0 Å². The zero-order chi connectivity index (χ0) is 15.5. The Morgan fingerprint density at radius 3 is 2.48 bits per heavy atom. The third-order valence-electron chi connectivity index (χ3n) is 3.28. The molecule has 0 bridgehead atoms. The molecule has 1 aromatic carbocycles. The molecule has 6 heteroatoms. The first-order valence-electron chi connectivity index (χ1n) is 6.82. The van der Waals surface area contributed by atoms with E-state index in [0.717, 1.165) is 17.7 Å². The summed E-state index contributed by atoms with van der Waals surface area (Å²) in [4.78, 5) is 2.91. The molecule has 2 aromatic rings. The fraction of sp³-hybridized carbons (Fsp3) is 0.333. The van der Waals surface area contributed by atoms with Gasteiger partial charge in [-0.25, -0.2) is 13.1 Å².